The third kappa shape index (κ3) is 3.77. The Hall–Kier alpha value is -1.95. The van der Waals surface area contributed by atoms with Gasteiger partial charge in [0.15, 0.2) is 17.4 Å². The molecule has 1 atom stereocenters. The molecule has 2 rings (SSSR count). The molecule has 1 aliphatic rings. The Kier molecular flexibility index (Phi) is 4.68. The number of carboxylic acids is 1. The number of ether oxygens (including phenoxy) is 2. The van der Waals surface area contributed by atoms with Crippen molar-refractivity contribution in [2.75, 3.05) is 13.2 Å². The van der Waals surface area contributed by atoms with Gasteiger partial charge in [-0.25, -0.2) is 13.6 Å². The van der Waals surface area contributed by atoms with Gasteiger partial charge in [-0.05, 0) is 36.6 Å². The Morgan fingerprint density at radius 2 is 2.15 bits per heavy atom. The largest absolute Gasteiger partial charge is 0.485 e. The number of halogens is 2. The molecule has 0 radical (unpaired) electrons. The number of aliphatic carboxylic acids is 1. The smallest absolute Gasteiger partial charge is 0.328 e. The maximum absolute atomic E-state index is 13.7. The molecule has 0 spiro atoms. The zero-order valence-corrected chi connectivity index (χ0v) is 10.6. The van der Waals surface area contributed by atoms with Gasteiger partial charge in [0, 0.05) is 12.7 Å². The Bertz CT molecular complexity index is 499. The van der Waals surface area contributed by atoms with Crippen LogP contribution in [-0.2, 0) is 9.53 Å². The number of rotatable bonds is 5. The molecule has 1 aliphatic heterocycles. The van der Waals surface area contributed by atoms with E-state index < -0.39 is 23.4 Å². The fraction of sp³-hybridized carbons (Fsp3) is 0.357. The third-order valence-corrected chi connectivity index (χ3v) is 2.88. The number of carboxylic acid groups (broad SMARTS) is 1. The van der Waals surface area contributed by atoms with Crippen molar-refractivity contribution < 1.29 is 28.2 Å². The van der Waals surface area contributed by atoms with Crippen LogP contribution in [0.25, 0.3) is 6.08 Å². The summed E-state index contributed by atoms with van der Waals surface area (Å²) in [7, 11) is 0. The average molecular weight is 284 g/mol. The maximum Gasteiger partial charge on any atom is 0.328 e. The summed E-state index contributed by atoms with van der Waals surface area (Å²) in [5.74, 6) is -3.39. The van der Waals surface area contributed by atoms with Gasteiger partial charge in [-0.1, -0.05) is 0 Å². The molecule has 0 saturated carbocycles. The summed E-state index contributed by atoms with van der Waals surface area (Å²) in [5, 5.41) is 8.46. The lowest BCUT2D eigenvalue weighted by molar-refractivity contribution is -0.131. The highest BCUT2D eigenvalue weighted by atomic mass is 19.1. The molecule has 4 nitrogen and oxygen atoms in total. The molecule has 1 aromatic rings. The lowest BCUT2D eigenvalue weighted by atomic mass is 10.2. The minimum absolute atomic E-state index is 0.0954. The van der Waals surface area contributed by atoms with Crippen LogP contribution >= 0.6 is 0 Å². The Labute approximate surface area is 114 Å². The molecular weight excluding hydrogens is 270 g/mol. The first-order valence-corrected chi connectivity index (χ1v) is 6.20. The predicted octanol–water partition coefficient (Wildman–Crippen LogP) is 2.62. The van der Waals surface area contributed by atoms with Crippen LogP contribution in [0.4, 0.5) is 8.78 Å². The number of benzene rings is 1. The normalized spacial score (nSPS) is 18.6. The SMILES string of the molecule is O=C(O)C=Cc1cc(F)c(OCC2CCCO2)c(F)c1. The van der Waals surface area contributed by atoms with E-state index in [4.69, 9.17) is 14.6 Å². The molecule has 108 valence electrons. The second-order valence-corrected chi connectivity index (χ2v) is 4.43. The van der Waals surface area contributed by atoms with Crippen LogP contribution in [0, 0.1) is 11.6 Å². The summed E-state index contributed by atoms with van der Waals surface area (Å²) >= 11 is 0. The fourth-order valence-corrected chi connectivity index (χ4v) is 1.93. The lowest BCUT2D eigenvalue weighted by Gasteiger charge is -2.13. The predicted molar refractivity (Wildman–Crippen MR) is 67.5 cm³/mol. The van der Waals surface area contributed by atoms with E-state index in [0.717, 1.165) is 37.1 Å². The van der Waals surface area contributed by atoms with E-state index in [1.807, 2.05) is 0 Å². The van der Waals surface area contributed by atoms with Gasteiger partial charge in [-0.15, -0.1) is 0 Å². The molecule has 0 aromatic heterocycles. The van der Waals surface area contributed by atoms with E-state index in [-0.39, 0.29) is 18.3 Å². The Morgan fingerprint density at radius 3 is 2.70 bits per heavy atom. The van der Waals surface area contributed by atoms with E-state index in [0.29, 0.717) is 6.61 Å². The number of hydrogen-bond donors (Lipinski definition) is 1. The average Bonchev–Trinajstić information content (AvgIpc) is 2.88. The highest BCUT2D eigenvalue weighted by molar-refractivity contribution is 5.85. The van der Waals surface area contributed by atoms with Gasteiger partial charge in [0.2, 0.25) is 0 Å². The first-order valence-electron chi connectivity index (χ1n) is 6.20. The zero-order valence-electron chi connectivity index (χ0n) is 10.6. The standard InChI is InChI=1S/C14H14F2O4/c15-11-6-9(3-4-13(17)18)7-12(16)14(11)20-8-10-2-1-5-19-10/h3-4,6-7,10H,1-2,5,8H2,(H,17,18). The third-order valence-electron chi connectivity index (χ3n) is 2.88. The van der Waals surface area contributed by atoms with Crippen molar-refractivity contribution in [1.29, 1.82) is 0 Å². The van der Waals surface area contributed by atoms with Gasteiger partial charge in [0.1, 0.15) is 6.61 Å². The van der Waals surface area contributed by atoms with Crippen molar-refractivity contribution in [3.8, 4) is 5.75 Å². The van der Waals surface area contributed by atoms with Crippen molar-refractivity contribution in [3.05, 3.63) is 35.4 Å². The molecule has 1 unspecified atom stereocenters. The van der Waals surface area contributed by atoms with Gasteiger partial charge in [-0.2, -0.15) is 0 Å². The van der Waals surface area contributed by atoms with E-state index in [9.17, 15) is 13.6 Å². The summed E-state index contributed by atoms with van der Waals surface area (Å²) in [6.45, 7) is 0.732. The highest BCUT2D eigenvalue weighted by Gasteiger charge is 2.19. The topological polar surface area (TPSA) is 55.8 Å². The maximum atomic E-state index is 13.7. The van der Waals surface area contributed by atoms with E-state index in [1.165, 1.54) is 0 Å². The van der Waals surface area contributed by atoms with Gasteiger partial charge < -0.3 is 14.6 Å². The summed E-state index contributed by atoms with van der Waals surface area (Å²) in [4.78, 5) is 10.3. The summed E-state index contributed by atoms with van der Waals surface area (Å²) in [6.07, 6.45) is 3.50. The minimum atomic E-state index is -1.19. The van der Waals surface area contributed by atoms with Crippen molar-refractivity contribution in [1.82, 2.24) is 0 Å². The molecule has 1 N–H and O–H groups in total. The minimum Gasteiger partial charge on any atom is -0.485 e. The van der Waals surface area contributed by atoms with Gasteiger partial charge in [-0.3, -0.25) is 0 Å². The van der Waals surface area contributed by atoms with Crippen LogP contribution in [0.3, 0.4) is 0 Å². The van der Waals surface area contributed by atoms with E-state index >= 15 is 0 Å². The van der Waals surface area contributed by atoms with E-state index in [2.05, 4.69) is 0 Å². The molecule has 1 heterocycles. The fourth-order valence-electron chi connectivity index (χ4n) is 1.93. The molecular formula is C14H14F2O4. The lowest BCUT2D eigenvalue weighted by Crippen LogP contribution is -2.17. The Balaban J connectivity index is 2.07. The summed E-state index contributed by atoms with van der Waals surface area (Å²) < 4.78 is 37.9. The molecule has 1 saturated heterocycles. The zero-order chi connectivity index (χ0) is 14.5. The van der Waals surface area contributed by atoms with E-state index in [1.54, 1.807) is 0 Å². The highest BCUT2D eigenvalue weighted by Crippen LogP contribution is 2.25. The first kappa shape index (κ1) is 14.5. The van der Waals surface area contributed by atoms with Gasteiger partial charge in [0.25, 0.3) is 0 Å². The second kappa shape index (κ2) is 6.47. The van der Waals surface area contributed by atoms with Crippen molar-refractivity contribution in [2.45, 2.75) is 18.9 Å². The van der Waals surface area contributed by atoms with Crippen LogP contribution in [0.1, 0.15) is 18.4 Å². The summed E-state index contributed by atoms with van der Waals surface area (Å²) in [5.41, 5.74) is 0.117. The molecule has 0 aliphatic carbocycles. The second-order valence-electron chi connectivity index (χ2n) is 4.43. The number of carbonyl (C=O) groups is 1. The molecule has 0 amide bonds. The van der Waals surface area contributed by atoms with Gasteiger partial charge >= 0.3 is 5.97 Å². The molecule has 20 heavy (non-hydrogen) atoms. The van der Waals surface area contributed by atoms with Gasteiger partial charge in [0.05, 0.1) is 6.10 Å². The Morgan fingerprint density at radius 1 is 1.45 bits per heavy atom. The van der Waals surface area contributed by atoms with Crippen LogP contribution in [-0.4, -0.2) is 30.4 Å². The first-order chi connectivity index (χ1) is 9.56. The van der Waals surface area contributed by atoms with Crippen LogP contribution in [0.5, 0.6) is 5.75 Å². The van der Waals surface area contributed by atoms with Crippen molar-refractivity contribution in [2.24, 2.45) is 0 Å². The number of hydrogen-bond acceptors (Lipinski definition) is 3. The van der Waals surface area contributed by atoms with Crippen molar-refractivity contribution in [3.63, 3.8) is 0 Å². The molecule has 0 bridgehead atoms. The molecule has 6 heteroatoms. The summed E-state index contributed by atoms with van der Waals surface area (Å²) in [6, 6.07) is 2.04. The van der Waals surface area contributed by atoms with Crippen molar-refractivity contribution >= 4 is 12.0 Å². The van der Waals surface area contributed by atoms with Crippen LogP contribution in [0.2, 0.25) is 0 Å². The quantitative estimate of drug-likeness (QED) is 0.844. The van der Waals surface area contributed by atoms with Crippen LogP contribution in [0.15, 0.2) is 18.2 Å². The molecule has 1 fully saturated rings. The monoisotopic (exact) mass is 284 g/mol. The van der Waals surface area contributed by atoms with Crippen LogP contribution < -0.4 is 4.74 Å². The molecule has 1 aromatic carbocycles.